The highest BCUT2D eigenvalue weighted by atomic mass is 32.1. The number of hydrogen-bond donors (Lipinski definition) is 2. The van der Waals surface area contributed by atoms with Gasteiger partial charge in [0, 0.05) is 28.2 Å². The highest BCUT2D eigenvalue weighted by molar-refractivity contribution is 7.16. The Morgan fingerprint density at radius 1 is 1.00 bits per heavy atom. The van der Waals surface area contributed by atoms with Gasteiger partial charge >= 0.3 is 5.97 Å². The number of carboxylic acid groups (broad SMARTS) is 1. The number of pyridine rings is 1. The van der Waals surface area contributed by atoms with E-state index in [4.69, 9.17) is 5.11 Å². The molecule has 5 nitrogen and oxygen atoms in total. The summed E-state index contributed by atoms with van der Waals surface area (Å²) in [6, 6.07) is 14.6. The van der Waals surface area contributed by atoms with Crippen LogP contribution in [-0.2, 0) is 0 Å². The molecule has 4 rings (SSSR count). The number of thiophene rings is 1. The van der Waals surface area contributed by atoms with Crippen molar-refractivity contribution in [2.45, 2.75) is 0 Å². The van der Waals surface area contributed by atoms with E-state index in [0.717, 1.165) is 27.0 Å². The topological polar surface area (TPSA) is 75.1 Å². The van der Waals surface area contributed by atoms with Crippen molar-refractivity contribution in [3.8, 4) is 21.8 Å². The Balaban J connectivity index is 1.54. The Morgan fingerprint density at radius 2 is 1.92 bits per heavy atom. The second-order valence-corrected chi connectivity index (χ2v) is 7.23. The van der Waals surface area contributed by atoms with Gasteiger partial charge in [0.15, 0.2) is 5.13 Å². The van der Waals surface area contributed by atoms with Crippen molar-refractivity contribution in [1.82, 2.24) is 9.97 Å². The number of aromatic nitrogens is 2. The van der Waals surface area contributed by atoms with Crippen LogP contribution in [0.2, 0.25) is 0 Å². The molecule has 26 heavy (non-hydrogen) atoms. The Bertz CT molecular complexity index is 1060. The van der Waals surface area contributed by atoms with E-state index in [2.05, 4.69) is 26.7 Å². The van der Waals surface area contributed by atoms with Gasteiger partial charge in [-0.1, -0.05) is 12.1 Å². The van der Waals surface area contributed by atoms with E-state index in [1.54, 1.807) is 35.7 Å². The molecule has 0 radical (unpaired) electrons. The number of benzene rings is 1. The van der Waals surface area contributed by atoms with E-state index in [0.29, 0.717) is 5.69 Å². The summed E-state index contributed by atoms with van der Waals surface area (Å²) in [5, 5.41) is 17.0. The van der Waals surface area contributed by atoms with E-state index < -0.39 is 5.97 Å². The van der Waals surface area contributed by atoms with Crippen LogP contribution in [-0.4, -0.2) is 21.0 Å². The van der Waals surface area contributed by atoms with Crippen molar-refractivity contribution in [3.05, 3.63) is 71.1 Å². The molecule has 0 bridgehead atoms. The number of hydrogen-bond acceptors (Lipinski definition) is 6. The fourth-order valence-electron chi connectivity index (χ4n) is 2.44. The van der Waals surface area contributed by atoms with Crippen LogP contribution in [0.5, 0.6) is 0 Å². The molecule has 0 unspecified atom stereocenters. The third kappa shape index (κ3) is 3.49. The standard InChI is InChI=1S/C19H13N3O2S2/c23-18(24)12-4-3-5-14(8-12)21-19-22-16(11-26-19)17-9-13(10-25-17)15-6-1-2-7-20-15/h1-11H,(H,21,22)(H,23,24). The average molecular weight is 379 g/mol. The third-order valence-corrected chi connectivity index (χ3v) is 5.39. The summed E-state index contributed by atoms with van der Waals surface area (Å²) in [5.74, 6) is -0.950. The summed E-state index contributed by atoms with van der Waals surface area (Å²) >= 11 is 3.10. The second kappa shape index (κ2) is 7.07. The van der Waals surface area contributed by atoms with E-state index in [1.165, 1.54) is 11.3 Å². The normalized spacial score (nSPS) is 10.6. The van der Waals surface area contributed by atoms with Crippen molar-refractivity contribution in [2.24, 2.45) is 0 Å². The van der Waals surface area contributed by atoms with Crippen LogP contribution in [0.3, 0.4) is 0 Å². The van der Waals surface area contributed by atoms with E-state index in [1.807, 2.05) is 29.6 Å². The third-order valence-electron chi connectivity index (χ3n) is 3.68. The van der Waals surface area contributed by atoms with Gasteiger partial charge in [0.1, 0.15) is 0 Å². The van der Waals surface area contributed by atoms with Crippen LogP contribution in [0.15, 0.2) is 65.5 Å². The molecule has 3 aromatic heterocycles. The number of carboxylic acids is 1. The molecular formula is C19H13N3O2S2. The van der Waals surface area contributed by atoms with E-state index >= 15 is 0 Å². The largest absolute Gasteiger partial charge is 0.478 e. The van der Waals surface area contributed by atoms with Crippen LogP contribution < -0.4 is 5.32 Å². The first-order chi connectivity index (χ1) is 12.7. The molecule has 0 atom stereocenters. The molecule has 2 N–H and O–H groups in total. The molecule has 0 amide bonds. The fraction of sp³-hybridized carbons (Fsp3) is 0. The maximum atomic E-state index is 11.1. The van der Waals surface area contributed by atoms with Crippen LogP contribution in [0.4, 0.5) is 10.8 Å². The summed E-state index contributed by atoms with van der Waals surface area (Å²) in [7, 11) is 0. The Morgan fingerprint density at radius 3 is 2.73 bits per heavy atom. The molecule has 128 valence electrons. The van der Waals surface area contributed by atoms with E-state index in [9.17, 15) is 4.79 Å². The second-order valence-electron chi connectivity index (χ2n) is 5.46. The fourth-order valence-corrected chi connectivity index (χ4v) is 4.10. The van der Waals surface area contributed by atoms with Crippen molar-refractivity contribution in [3.63, 3.8) is 0 Å². The number of nitrogens with zero attached hydrogens (tertiary/aromatic N) is 2. The maximum Gasteiger partial charge on any atom is 0.335 e. The van der Waals surface area contributed by atoms with Gasteiger partial charge in [0.25, 0.3) is 0 Å². The lowest BCUT2D eigenvalue weighted by atomic mass is 10.2. The number of anilines is 2. The lowest BCUT2D eigenvalue weighted by Gasteiger charge is -2.03. The first-order valence-corrected chi connectivity index (χ1v) is 9.51. The van der Waals surface area contributed by atoms with Crippen molar-refractivity contribution in [1.29, 1.82) is 0 Å². The van der Waals surface area contributed by atoms with Gasteiger partial charge in [-0.2, -0.15) is 0 Å². The van der Waals surface area contributed by atoms with Gasteiger partial charge in [0.2, 0.25) is 0 Å². The molecule has 1 aromatic carbocycles. The Hall–Kier alpha value is -3.03. The first kappa shape index (κ1) is 16.4. The minimum absolute atomic E-state index is 0.241. The number of carbonyl (C=O) groups is 1. The van der Waals surface area contributed by atoms with Crippen molar-refractivity contribution < 1.29 is 9.90 Å². The summed E-state index contributed by atoms with van der Waals surface area (Å²) in [4.78, 5) is 21.1. The molecule has 0 aliphatic rings. The van der Waals surface area contributed by atoms with Gasteiger partial charge in [-0.25, -0.2) is 9.78 Å². The average Bonchev–Trinajstić information content (AvgIpc) is 3.32. The molecule has 7 heteroatoms. The van der Waals surface area contributed by atoms with Gasteiger partial charge in [0.05, 0.1) is 21.8 Å². The Kier molecular flexibility index (Phi) is 4.47. The van der Waals surface area contributed by atoms with Gasteiger partial charge in [-0.15, -0.1) is 22.7 Å². The zero-order valence-electron chi connectivity index (χ0n) is 13.4. The molecule has 4 aromatic rings. The van der Waals surface area contributed by atoms with Crippen LogP contribution in [0.25, 0.3) is 21.8 Å². The quantitative estimate of drug-likeness (QED) is 0.487. The van der Waals surface area contributed by atoms with Gasteiger partial charge < -0.3 is 10.4 Å². The van der Waals surface area contributed by atoms with Gasteiger partial charge in [-0.05, 0) is 36.4 Å². The molecule has 0 saturated heterocycles. The van der Waals surface area contributed by atoms with Crippen LogP contribution >= 0.6 is 22.7 Å². The predicted molar refractivity (Wildman–Crippen MR) is 105 cm³/mol. The van der Waals surface area contributed by atoms with Crippen LogP contribution in [0, 0.1) is 0 Å². The minimum atomic E-state index is -0.950. The monoisotopic (exact) mass is 379 g/mol. The summed E-state index contributed by atoms with van der Waals surface area (Å²) < 4.78 is 0. The summed E-state index contributed by atoms with van der Waals surface area (Å²) in [6.07, 6.45) is 1.78. The molecule has 0 aliphatic heterocycles. The van der Waals surface area contributed by atoms with Crippen molar-refractivity contribution >= 4 is 39.5 Å². The number of thiazole rings is 1. The molecule has 0 saturated carbocycles. The highest BCUT2D eigenvalue weighted by Gasteiger charge is 2.10. The first-order valence-electron chi connectivity index (χ1n) is 7.75. The zero-order chi connectivity index (χ0) is 17.9. The molecule has 3 heterocycles. The molecule has 0 aliphatic carbocycles. The zero-order valence-corrected chi connectivity index (χ0v) is 15.1. The SMILES string of the molecule is O=C(O)c1cccc(Nc2nc(-c3cc(-c4ccccn4)cs3)cs2)c1. The van der Waals surface area contributed by atoms with Gasteiger partial charge in [-0.3, -0.25) is 4.98 Å². The predicted octanol–water partition coefficient (Wildman–Crippen LogP) is 5.38. The highest BCUT2D eigenvalue weighted by Crippen LogP contribution is 2.34. The minimum Gasteiger partial charge on any atom is -0.478 e. The van der Waals surface area contributed by atoms with Crippen LogP contribution in [0.1, 0.15) is 10.4 Å². The summed E-state index contributed by atoms with van der Waals surface area (Å²) in [5.41, 5.74) is 3.84. The maximum absolute atomic E-state index is 11.1. The Labute approximate surface area is 157 Å². The molecule has 0 fully saturated rings. The summed E-state index contributed by atoms with van der Waals surface area (Å²) in [6.45, 7) is 0. The smallest absolute Gasteiger partial charge is 0.335 e. The number of rotatable bonds is 5. The van der Waals surface area contributed by atoms with Crippen molar-refractivity contribution in [2.75, 3.05) is 5.32 Å². The number of aromatic carboxylic acids is 1. The lowest BCUT2D eigenvalue weighted by molar-refractivity contribution is 0.0697. The molecular weight excluding hydrogens is 366 g/mol. The number of nitrogens with one attached hydrogen (secondary N) is 1. The molecule has 0 spiro atoms. The van der Waals surface area contributed by atoms with E-state index in [-0.39, 0.29) is 5.56 Å². The lowest BCUT2D eigenvalue weighted by Crippen LogP contribution is -1.97.